The van der Waals surface area contributed by atoms with Crippen molar-refractivity contribution in [3.8, 4) is 11.8 Å². The number of nitriles is 1. The molecular weight excluding hydrogens is 314 g/mol. The molecular formula is C16H19N3O5. The number of phenolic OH excluding ortho intramolecular Hbond substituents is 1. The lowest BCUT2D eigenvalue weighted by atomic mass is 10.0. The first-order valence-electron chi connectivity index (χ1n) is 7.31. The number of hydrogen-bond acceptors (Lipinski definition) is 5. The largest absolute Gasteiger partial charge is 0.508 e. The van der Waals surface area contributed by atoms with Crippen LogP contribution in [0.5, 0.6) is 5.75 Å². The predicted molar refractivity (Wildman–Crippen MR) is 83.8 cm³/mol. The van der Waals surface area contributed by atoms with Crippen LogP contribution in [-0.4, -0.2) is 40.1 Å². The minimum absolute atomic E-state index is 0.0725. The molecule has 1 rings (SSSR count). The van der Waals surface area contributed by atoms with E-state index in [9.17, 15) is 19.5 Å². The average molecular weight is 333 g/mol. The highest BCUT2D eigenvalue weighted by atomic mass is 16.4. The molecule has 0 aromatic heterocycles. The van der Waals surface area contributed by atoms with Gasteiger partial charge in [0.15, 0.2) is 0 Å². The van der Waals surface area contributed by atoms with E-state index in [0.717, 1.165) is 0 Å². The second kappa shape index (κ2) is 9.15. The third-order valence-electron chi connectivity index (χ3n) is 3.15. The fraction of sp³-hybridized carbons (Fsp3) is 0.375. The molecule has 0 aliphatic heterocycles. The maximum atomic E-state index is 12.2. The zero-order valence-electron chi connectivity index (χ0n) is 13.2. The van der Waals surface area contributed by atoms with Gasteiger partial charge in [0.1, 0.15) is 17.8 Å². The predicted octanol–water partition coefficient (Wildman–Crippen LogP) is 0.313. The summed E-state index contributed by atoms with van der Waals surface area (Å²) in [6.07, 6.45) is -0.445. The van der Waals surface area contributed by atoms with Crippen molar-refractivity contribution in [3.63, 3.8) is 0 Å². The van der Waals surface area contributed by atoms with Gasteiger partial charge in [0.05, 0.1) is 12.5 Å². The number of nitrogens with zero attached hydrogens (tertiary/aromatic N) is 1. The summed E-state index contributed by atoms with van der Waals surface area (Å²) in [7, 11) is 0. The van der Waals surface area contributed by atoms with Crippen LogP contribution in [0.1, 0.15) is 25.3 Å². The lowest BCUT2D eigenvalue weighted by molar-refractivity contribution is -0.139. The molecule has 0 heterocycles. The van der Waals surface area contributed by atoms with Crippen LogP contribution < -0.4 is 10.6 Å². The van der Waals surface area contributed by atoms with Crippen molar-refractivity contribution in [1.82, 2.24) is 10.6 Å². The van der Waals surface area contributed by atoms with Crippen molar-refractivity contribution < 1.29 is 24.6 Å². The number of carbonyl (C=O) groups excluding carboxylic acids is 2. The Balaban J connectivity index is 2.80. The SMILES string of the molecule is CC(C#N)NC(=O)C(Cc1ccc(O)cc1)NC(=O)CCC(=O)O. The molecule has 2 amide bonds. The Kier molecular flexibility index (Phi) is 7.23. The Morgan fingerprint density at radius 2 is 1.79 bits per heavy atom. The topological polar surface area (TPSA) is 140 Å². The molecule has 0 saturated carbocycles. The summed E-state index contributed by atoms with van der Waals surface area (Å²) in [5.74, 6) is -2.15. The molecule has 24 heavy (non-hydrogen) atoms. The number of carboxylic acids is 1. The first kappa shape index (κ1) is 19.0. The molecule has 2 atom stereocenters. The highest BCUT2D eigenvalue weighted by molar-refractivity contribution is 5.89. The Morgan fingerprint density at radius 3 is 2.33 bits per heavy atom. The summed E-state index contributed by atoms with van der Waals surface area (Å²) in [6.45, 7) is 1.50. The molecule has 1 aromatic rings. The number of phenols is 1. The molecule has 8 nitrogen and oxygen atoms in total. The molecule has 0 spiro atoms. The number of nitrogens with one attached hydrogen (secondary N) is 2. The number of aromatic hydroxyl groups is 1. The van der Waals surface area contributed by atoms with Gasteiger partial charge in [-0.3, -0.25) is 14.4 Å². The average Bonchev–Trinajstić information content (AvgIpc) is 2.54. The fourth-order valence-electron chi connectivity index (χ4n) is 1.91. The van der Waals surface area contributed by atoms with E-state index in [1.165, 1.54) is 19.1 Å². The van der Waals surface area contributed by atoms with Gasteiger partial charge in [0, 0.05) is 12.8 Å². The Morgan fingerprint density at radius 1 is 1.17 bits per heavy atom. The lowest BCUT2D eigenvalue weighted by Gasteiger charge is -2.19. The van der Waals surface area contributed by atoms with Gasteiger partial charge in [-0.05, 0) is 24.6 Å². The second-order valence-corrected chi connectivity index (χ2v) is 5.24. The van der Waals surface area contributed by atoms with Crippen LogP contribution in [0.25, 0.3) is 0 Å². The fourth-order valence-corrected chi connectivity index (χ4v) is 1.91. The van der Waals surface area contributed by atoms with Crippen molar-refractivity contribution >= 4 is 17.8 Å². The number of benzene rings is 1. The van der Waals surface area contributed by atoms with E-state index >= 15 is 0 Å². The second-order valence-electron chi connectivity index (χ2n) is 5.24. The van der Waals surface area contributed by atoms with Crippen molar-refractivity contribution in [2.45, 2.75) is 38.3 Å². The molecule has 4 N–H and O–H groups in total. The van der Waals surface area contributed by atoms with Crippen LogP contribution in [0.15, 0.2) is 24.3 Å². The van der Waals surface area contributed by atoms with Gasteiger partial charge in [0.2, 0.25) is 11.8 Å². The molecule has 1 aromatic carbocycles. The molecule has 0 bridgehead atoms. The summed E-state index contributed by atoms with van der Waals surface area (Å²) in [4.78, 5) is 34.5. The normalized spacial score (nSPS) is 12.5. The van der Waals surface area contributed by atoms with Crippen LogP contribution in [-0.2, 0) is 20.8 Å². The first-order valence-corrected chi connectivity index (χ1v) is 7.31. The number of aliphatic carboxylic acids is 1. The van der Waals surface area contributed by atoms with E-state index in [2.05, 4.69) is 10.6 Å². The summed E-state index contributed by atoms with van der Waals surface area (Å²) in [5.41, 5.74) is 0.691. The Bertz CT molecular complexity index is 636. The van der Waals surface area contributed by atoms with Gasteiger partial charge < -0.3 is 20.8 Å². The van der Waals surface area contributed by atoms with E-state index in [-0.39, 0.29) is 25.0 Å². The van der Waals surface area contributed by atoms with E-state index in [1.807, 2.05) is 6.07 Å². The maximum Gasteiger partial charge on any atom is 0.303 e. The molecule has 128 valence electrons. The number of carboxylic acid groups (broad SMARTS) is 1. The molecule has 0 fully saturated rings. The summed E-state index contributed by atoms with van der Waals surface area (Å²) >= 11 is 0. The van der Waals surface area contributed by atoms with Crippen molar-refractivity contribution in [3.05, 3.63) is 29.8 Å². The number of hydrogen-bond donors (Lipinski definition) is 4. The number of rotatable bonds is 8. The van der Waals surface area contributed by atoms with E-state index in [4.69, 9.17) is 10.4 Å². The smallest absolute Gasteiger partial charge is 0.303 e. The monoisotopic (exact) mass is 333 g/mol. The van der Waals surface area contributed by atoms with Crippen LogP contribution >= 0.6 is 0 Å². The summed E-state index contributed by atoms with van der Waals surface area (Å²) in [6, 6.07) is 6.30. The number of amides is 2. The maximum absolute atomic E-state index is 12.2. The van der Waals surface area contributed by atoms with Crippen LogP contribution in [0.2, 0.25) is 0 Å². The van der Waals surface area contributed by atoms with Crippen LogP contribution in [0.3, 0.4) is 0 Å². The highest BCUT2D eigenvalue weighted by Crippen LogP contribution is 2.11. The van der Waals surface area contributed by atoms with Crippen LogP contribution in [0, 0.1) is 11.3 Å². The molecule has 0 aliphatic carbocycles. The molecule has 2 unspecified atom stereocenters. The standard InChI is InChI=1S/C16H19N3O5/c1-10(9-17)18-16(24)13(19-14(21)6-7-15(22)23)8-11-2-4-12(20)5-3-11/h2-5,10,13,20H,6-8H2,1H3,(H,18,24)(H,19,21)(H,22,23). The molecule has 0 radical (unpaired) electrons. The van der Waals surface area contributed by atoms with Gasteiger partial charge in [-0.1, -0.05) is 12.1 Å². The van der Waals surface area contributed by atoms with Gasteiger partial charge in [-0.2, -0.15) is 5.26 Å². The molecule has 8 heteroatoms. The zero-order valence-corrected chi connectivity index (χ0v) is 13.2. The summed E-state index contributed by atoms with van der Waals surface area (Å²) in [5, 5.41) is 31.6. The highest BCUT2D eigenvalue weighted by Gasteiger charge is 2.22. The van der Waals surface area contributed by atoms with Crippen molar-refractivity contribution in [1.29, 1.82) is 5.26 Å². The van der Waals surface area contributed by atoms with Gasteiger partial charge in [-0.15, -0.1) is 0 Å². The van der Waals surface area contributed by atoms with E-state index in [1.54, 1.807) is 12.1 Å². The van der Waals surface area contributed by atoms with E-state index < -0.39 is 29.9 Å². The lowest BCUT2D eigenvalue weighted by Crippen LogP contribution is -2.50. The number of carbonyl (C=O) groups is 3. The van der Waals surface area contributed by atoms with Gasteiger partial charge in [-0.25, -0.2) is 0 Å². The van der Waals surface area contributed by atoms with E-state index in [0.29, 0.717) is 5.56 Å². The minimum atomic E-state index is -1.11. The third kappa shape index (κ3) is 6.79. The Hall–Kier alpha value is -3.08. The van der Waals surface area contributed by atoms with Crippen molar-refractivity contribution in [2.75, 3.05) is 0 Å². The van der Waals surface area contributed by atoms with Gasteiger partial charge >= 0.3 is 5.97 Å². The zero-order chi connectivity index (χ0) is 18.1. The molecule has 0 saturated heterocycles. The summed E-state index contributed by atoms with van der Waals surface area (Å²) < 4.78 is 0. The van der Waals surface area contributed by atoms with Crippen molar-refractivity contribution in [2.24, 2.45) is 0 Å². The Labute approximate surface area is 139 Å². The molecule has 0 aliphatic rings. The van der Waals surface area contributed by atoms with Crippen LogP contribution in [0.4, 0.5) is 0 Å². The third-order valence-corrected chi connectivity index (χ3v) is 3.15. The quantitative estimate of drug-likeness (QED) is 0.540. The van der Waals surface area contributed by atoms with Gasteiger partial charge in [0.25, 0.3) is 0 Å². The minimum Gasteiger partial charge on any atom is -0.508 e. The first-order chi connectivity index (χ1) is 11.3.